The summed E-state index contributed by atoms with van der Waals surface area (Å²) in [5.74, 6) is -1.03. The van der Waals surface area contributed by atoms with Crippen molar-refractivity contribution >= 4 is 40.8 Å². The van der Waals surface area contributed by atoms with Gasteiger partial charge in [-0.15, -0.1) is 0 Å². The Morgan fingerprint density at radius 1 is 0.906 bits per heavy atom. The molecule has 0 aliphatic rings. The molecule has 8 heteroatoms. The van der Waals surface area contributed by atoms with E-state index in [-0.39, 0.29) is 42.2 Å². The Kier molecular flexibility index (Phi) is 9.23. The van der Waals surface area contributed by atoms with Crippen molar-refractivity contribution in [2.45, 2.75) is 39.5 Å². The Balaban J connectivity index is 1.97. The number of carbonyl (C=O) groups excluding carboxylic acids is 3. The van der Waals surface area contributed by atoms with Gasteiger partial charge < -0.3 is 20.1 Å². The first-order valence-electron chi connectivity index (χ1n) is 10.3. The van der Waals surface area contributed by atoms with E-state index in [0.717, 1.165) is 16.8 Å². The van der Waals surface area contributed by atoms with Gasteiger partial charge in [0.25, 0.3) is 0 Å². The van der Waals surface area contributed by atoms with Gasteiger partial charge in [0, 0.05) is 10.7 Å². The SMILES string of the molecule is COC(=O)c1cc(Cl)ccc1NC(=O)COCC(=O)Nc1c(C(C)C)cccc1C(C)C. The Morgan fingerprint density at radius 3 is 2.00 bits per heavy atom. The first-order chi connectivity index (χ1) is 15.1. The topological polar surface area (TPSA) is 93.7 Å². The quantitative estimate of drug-likeness (QED) is 0.515. The first-order valence-corrected chi connectivity index (χ1v) is 10.7. The van der Waals surface area contributed by atoms with E-state index in [0.29, 0.717) is 5.02 Å². The van der Waals surface area contributed by atoms with Crippen LogP contribution in [0.1, 0.15) is 61.0 Å². The zero-order valence-electron chi connectivity index (χ0n) is 19.0. The van der Waals surface area contributed by atoms with E-state index in [1.54, 1.807) is 0 Å². The largest absolute Gasteiger partial charge is 0.465 e. The molecule has 172 valence electrons. The molecule has 0 atom stereocenters. The van der Waals surface area contributed by atoms with Crippen LogP contribution >= 0.6 is 11.6 Å². The average molecular weight is 461 g/mol. The van der Waals surface area contributed by atoms with Crippen molar-refractivity contribution in [3.8, 4) is 0 Å². The lowest BCUT2D eigenvalue weighted by molar-refractivity contribution is -0.125. The molecular formula is C24H29ClN2O5. The van der Waals surface area contributed by atoms with Crippen LogP contribution in [0, 0.1) is 0 Å². The number of anilines is 2. The van der Waals surface area contributed by atoms with Crippen LogP contribution in [0.25, 0.3) is 0 Å². The molecule has 0 fully saturated rings. The molecule has 2 N–H and O–H groups in total. The molecule has 0 unspecified atom stereocenters. The second kappa shape index (κ2) is 11.6. The van der Waals surface area contributed by atoms with E-state index < -0.39 is 11.9 Å². The van der Waals surface area contributed by atoms with Crippen LogP contribution < -0.4 is 10.6 Å². The fourth-order valence-electron chi connectivity index (χ4n) is 3.20. The number of hydrogen-bond acceptors (Lipinski definition) is 5. The molecule has 0 bridgehead atoms. The van der Waals surface area contributed by atoms with Crippen molar-refractivity contribution in [2.75, 3.05) is 31.0 Å². The summed E-state index contributed by atoms with van der Waals surface area (Å²) in [4.78, 5) is 36.6. The highest BCUT2D eigenvalue weighted by Crippen LogP contribution is 2.32. The molecule has 0 spiro atoms. The molecule has 0 aliphatic heterocycles. The fraction of sp³-hybridized carbons (Fsp3) is 0.375. The lowest BCUT2D eigenvalue weighted by atomic mass is 9.92. The maximum Gasteiger partial charge on any atom is 0.340 e. The molecule has 2 amide bonds. The predicted octanol–water partition coefficient (Wildman–Crippen LogP) is 4.97. The van der Waals surface area contributed by atoms with Crippen molar-refractivity contribution in [3.05, 3.63) is 58.1 Å². The van der Waals surface area contributed by atoms with Gasteiger partial charge in [0.05, 0.1) is 18.4 Å². The number of rotatable bonds is 9. The summed E-state index contributed by atoms with van der Waals surface area (Å²) in [7, 11) is 1.23. The molecule has 0 saturated heterocycles. The smallest absolute Gasteiger partial charge is 0.340 e. The summed E-state index contributed by atoms with van der Waals surface area (Å²) in [5.41, 5.74) is 3.24. The normalized spacial score (nSPS) is 10.9. The molecule has 2 aromatic carbocycles. The second-order valence-corrected chi connectivity index (χ2v) is 8.33. The van der Waals surface area contributed by atoms with Crippen LogP contribution in [0.5, 0.6) is 0 Å². The lowest BCUT2D eigenvalue weighted by Gasteiger charge is -2.20. The lowest BCUT2D eigenvalue weighted by Crippen LogP contribution is -2.25. The van der Waals surface area contributed by atoms with Crippen LogP contribution in [0.3, 0.4) is 0 Å². The minimum Gasteiger partial charge on any atom is -0.465 e. The first kappa shape index (κ1) is 25.4. The van der Waals surface area contributed by atoms with Crippen LogP contribution in [-0.2, 0) is 19.1 Å². The number of benzene rings is 2. The van der Waals surface area contributed by atoms with Crippen LogP contribution in [0.15, 0.2) is 36.4 Å². The number of halogens is 1. The van der Waals surface area contributed by atoms with E-state index >= 15 is 0 Å². The Labute approximate surface area is 193 Å². The number of amides is 2. The number of para-hydroxylation sites is 1. The molecule has 0 radical (unpaired) electrons. The minimum atomic E-state index is -0.632. The van der Waals surface area contributed by atoms with Gasteiger partial charge in [-0.1, -0.05) is 57.5 Å². The molecule has 32 heavy (non-hydrogen) atoms. The van der Waals surface area contributed by atoms with Crippen molar-refractivity contribution in [3.63, 3.8) is 0 Å². The van der Waals surface area contributed by atoms with Crippen LogP contribution in [0.4, 0.5) is 11.4 Å². The molecular weight excluding hydrogens is 432 g/mol. The monoisotopic (exact) mass is 460 g/mol. The van der Waals surface area contributed by atoms with Crippen LogP contribution in [-0.4, -0.2) is 38.1 Å². The molecule has 0 aliphatic carbocycles. The summed E-state index contributed by atoms with van der Waals surface area (Å²) in [6, 6.07) is 10.4. The van der Waals surface area contributed by atoms with Gasteiger partial charge in [-0.25, -0.2) is 4.79 Å². The average Bonchev–Trinajstić information content (AvgIpc) is 2.74. The summed E-state index contributed by atoms with van der Waals surface area (Å²) in [5, 5.41) is 5.83. The van der Waals surface area contributed by atoms with E-state index in [9.17, 15) is 14.4 Å². The second-order valence-electron chi connectivity index (χ2n) is 7.89. The third-order valence-corrected chi connectivity index (χ3v) is 5.00. The van der Waals surface area contributed by atoms with Gasteiger partial charge in [-0.05, 0) is 41.2 Å². The minimum absolute atomic E-state index is 0.123. The number of hydrogen-bond donors (Lipinski definition) is 2. The summed E-state index contributed by atoms with van der Waals surface area (Å²) in [6.45, 7) is 7.61. The highest BCUT2D eigenvalue weighted by molar-refractivity contribution is 6.31. The number of nitrogens with one attached hydrogen (secondary N) is 2. The standard InChI is InChI=1S/C24H29ClN2O5/c1-14(2)17-7-6-8-18(15(3)4)23(17)27-22(29)13-32-12-21(28)26-20-10-9-16(25)11-19(20)24(30)31-5/h6-11,14-15H,12-13H2,1-5H3,(H,26,28)(H,27,29). The molecule has 2 aromatic rings. The van der Waals surface area contributed by atoms with E-state index in [1.165, 1.54) is 25.3 Å². The maximum atomic E-state index is 12.5. The highest BCUT2D eigenvalue weighted by atomic mass is 35.5. The molecule has 7 nitrogen and oxygen atoms in total. The highest BCUT2D eigenvalue weighted by Gasteiger charge is 2.17. The fourth-order valence-corrected chi connectivity index (χ4v) is 3.37. The van der Waals surface area contributed by atoms with Gasteiger partial charge in [-0.2, -0.15) is 0 Å². The van der Waals surface area contributed by atoms with Gasteiger partial charge in [-0.3, -0.25) is 9.59 Å². The number of methoxy groups -OCH3 is 1. The maximum absolute atomic E-state index is 12.5. The van der Waals surface area contributed by atoms with Gasteiger partial charge in [0.15, 0.2) is 0 Å². The zero-order valence-corrected chi connectivity index (χ0v) is 19.7. The van der Waals surface area contributed by atoms with Crippen molar-refractivity contribution in [1.82, 2.24) is 0 Å². The number of carbonyl (C=O) groups is 3. The Morgan fingerprint density at radius 2 is 1.47 bits per heavy atom. The van der Waals surface area contributed by atoms with E-state index in [2.05, 4.69) is 38.3 Å². The van der Waals surface area contributed by atoms with E-state index in [1.807, 2.05) is 18.2 Å². The third-order valence-electron chi connectivity index (χ3n) is 4.76. The van der Waals surface area contributed by atoms with Crippen molar-refractivity contribution < 1.29 is 23.9 Å². The summed E-state index contributed by atoms with van der Waals surface area (Å²) >= 11 is 5.91. The summed E-state index contributed by atoms with van der Waals surface area (Å²) < 4.78 is 9.99. The number of ether oxygens (including phenoxy) is 2. The zero-order chi connectivity index (χ0) is 23.8. The molecule has 2 rings (SSSR count). The molecule has 0 heterocycles. The predicted molar refractivity (Wildman–Crippen MR) is 125 cm³/mol. The van der Waals surface area contributed by atoms with E-state index in [4.69, 9.17) is 21.1 Å². The number of esters is 1. The van der Waals surface area contributed by atoms with Crippen molar-refractivity contribution in [1.29, 1.82) is 0 Å². The molecule has 0 aromatic heterocycles. The summed E-state index contributed by atoms with van der Waals surface area (Å²) in [6.07, 6.45) is 0. The van der Waals surface area contributed by atoms with Crippen molar-refractivity contribution in [2.24, 2.45) is 0 Å². The van der Waals surface area contributed by atoms with Gasteiger partial charge in [0.2, 0.25) is 11.8 Å². The molecule has 0 saturated carbocycles. The Hall–Kier alpha value is -2.90. The van der Waals surface area contributed by atoms with Crippen LogP contribution in [0.2, 0.25) is 5.02 Å². The Bertz CT molecular complexity index is 962. The van der Waals surface area contributed by atoms with Gasteiger partial charge >= 0.3 is 5.97 Å². The van der Waals surface area contributed by atoms with Gasteiger partial charge in [0.1, 0.15) is 13.2 Å². The third kappa shape index (κ3) is 6.80.